The molecule has 0 aliphatic carbocycles. The van der Waals surface area contributed by atoms with Crippen LogP contribution in [0.1, 0.15) is 23.2 Å². The van der Waals surface area contributed by atoms with E-state index in [-0.39, 0.29) is 18.9 Å². The molecule has 1 aliphatic rings. The Morgan fingerprint density at radius 1 is 1.40 bits per heavy atom. The van der Waals surface area contributed by atoms with E-state index in [1.807, 2.05) is 5.43 Å². The van der Waals surface area contributed by atoms with Gasteiger partial charge in [0.2, 0.25) is 5.91 Å². The third kappa shape index (κ3) is 2.48. The van der Waals surface area contributed by atoms with Crippen molar-refractivity contribution in [1.29, 1.82) is 0 Å². The fourth-order valence-corrected chi connectivity index (χ4v) is 2.09. The van der Waals surface area contributed by atoms with Crippen molar-refractivity contribution in [2.75, 3.05) is 18.6 Å². The molecule has 7 heteroatoms. The number of nitrogens with zero attached hydrogens (tertiary/aromatic N) is 1. The number of carbonyl (C=O) groups excluding carboxylic acids is 3. The molecule has 106 valence electrons. The highest BCUT2D eigenvalue weighted by Crippen LogP contribution is 2.32. The first-order valence-electron chi connectivity index (χ1n) is 6.12. The molecule has 0 saturated heterocycles. The van der Waals surface area contributed by atoms with Crippen molar-refractivity contribution in [2.45, 2.75) is 12.8 Å². The number of hydrogen-bond acceptors (Lipinski definition) is 5. The van der Waals surface area contributed by atoms with Crippen molar-refractivity contribution in [1.82, 2.24) is 5.43 Å². The van der Waals surface area contributed by atoms with Crippen molar-refractivity contribution in [3.63, 3.8) is 0 Å². The minimum absolute atomic E-state index is 0.188. The number of methoxy groups -OCH3 is 1. The van der Waals surface area contributed by atoms with Crippen LogP contribution in [0.3, 0.4) is 0 Å². The summed E-state index contributed by atoms with van der Waals surface area (Å²) in [6.07, 6.45) is 0.604. The van der Waals surface area contributed by atoms with E-state index in [2.05, 4.69) is 0 Å². The number of nitrogens with one attached hydrogen (secondary N) is 1. The first-order chi connectivity index (χ1) is 9.58. The second-order valence-electron chi connectivity index (χ2n) is 4.34. The molecule has 1 heterocycles. The summed E-state index contributed by atoms with van der Waals surface area (Å²) >= 11 is 0. The number of ketones is 1. The molecule has 3 N–H and O–H groups in total. The number of rotatable bonds is 5. The third-order valence-corrected chi connectivity index (χ3v) is 3.13. The van der Waals surface area contributed by atoms with Gasteiger partial charge in [-0.25, -0.2) is 5.84 Å². The topological polar surface area (TPSA) is 102 Å². The van der Waals surface area contributed by atoms with Crippen LogP contribution in [0.5, 0.6) is 5.75 Å². The van der Waals surface area contributed by atoms with Crippen LogP contribution in [0, 0.1) is 0 Å². The maximum atomic E-state index is 11.9. The molecule has 7 nitrogen and oxygen atoms in total. The summed E-state index contributed by atoms with van der Waals surface area (Å²) < 4.78 is 5.09. The SMILES string of the molecule is COc1ccc2c(c1)N(CCCC(=O)NN)C(=O)C2=O. The summed E-state index contributed by atoms with van der Waals surface area (Å²) in [5, 5.41) is 0. The normalized spacial score (nSPS) is 13.4. The average molecular weight is 277 g/mol. The highest BCUT2D eigenvalue weighted by molar-refractivity contribution is 6.52. The van der Waals surface area contributed by atoms with Gasteiger partial charge in [0, 0.05) is 19.0 Å². The Hall–Kier alpha value is -2.41. The van der Waals surface area contributed by atoms with Crippen molar-refractivity contribution >= 4 is 23.3 Å². The predicted octanol–water partition coefficient (Wildman–Crippen LogP) is -0.00540. The Labute approximate surface area is 115 Å². The zero-order chi connectivity index (χ0) is 14.7. The molecule has 1 aliphatic heterocycles. The first-order valence-corrected chi connectivity index (χ1v) is 6.12. The minimum atomic E-state index is -0.582. The highest BCUT2D eigenvalue weighted by atomic mass is 16.5. The van der Waals surface area contributed by atoms with Crippen LogP contribution in [0.15, 0.2) is 18.2 Å². The number of ether oxygens (including phenoxy) is 1. The lowest BCUT2D eigenvalue weighted by molar-refractivity contribution is -0.121. The van der Waals surface area contributed by atoms with Crippen LogP contribution in [0.25, 0.3) is 0 Å². The number of fused-ring (bicyclic) bond motifs is 1. The smallest absolute Gasteiger partial charge is 0.299 e. The number of anilines is 1. The van der Waals surface area contributed by atoms with Crippen LogP contribution in [0.4, 0.5) is 5.69 Å². The molecule has 0 bridgehead atoms. The standard InChI is InChI=1S/C13H15N3O4/c1-20-8-4-5-9-10(7-8)16(13(19)12(9)18)6-2-3-11(17)15-14/h4-5,7H,2-3,6,14H2,1H3,(H,15,17). The van der Waals surface area contributed by atoms with E-state index in [0.29, 0.717) is 23.4 Å². The minimum Gasteiger partial charge on any atom is -0.497 e. The maximum absolute atomic E-state index is 11.9. The molecule has 20 heavy (non-hydrogen) atoms. The monoisotopic (exact) mass is 277 g/mol. The van der Waals surface area contributed by atoms with Crippen molar-refractivity contribution < 1.29 is 19.1 Å². The molecule has 0 atom stereocenters. The van der Waals surface area contributed by atoms with Gasteiger partial charge in [0.05, 0.1) is 18.4 Å². The Kier molecular flexibility index (Phi) is 3.99. The fourth-order valence-electron chi connectivity index (χ4n) is 2.09. The predicted molar refractivity (Wildman–Crippen MR) is 71.2 cm³/mol. The van der Waals surface area contributed by atoms with E-state index in [0.717, 1.165) is 0 Å². The van der Waals surface area contributed by atoms with E-state index < -0.39 is 11.7 Å². The number of carbonyl (C=O) groups is 3. The van der Waals surface area contributed by atoms with Crippen LogP contribution < -0.4 is 20.9 Å². The molecular formula is C13H15N3O4. The lowest BCUT2D eigenvalue weighted by Gasteiger charge is -2.16. The van der Waals surface area contributed by atoms with E-state index in [1.165, 1.54) is 12.0 Å². The number of hydrogen-bond donors (Lipinski definition) is 2. The average Bonchev–Trinajstić information content (AvgIpc) is 2.71. The van der Waals surface area contributed by atoms with Crippen LogP contribution in [-0.2, 0) is 9.59 Å². The van der Waals surface area contributed by atoms with Gasteiger partial charge in [-0.3, -0.25) is 19.8 Å². The quantitative estimate of drug-likeness (QED) is 0.341. The molecule has 0 unspecified atom stereocenters. The summed E-state index contributed by atoms with van der Waals surface area (Å²) in [5.41, 5.74) is 2.90. The third-order valence-electron chi connectivity index (χ3n) is 3.13. The highest BCUT2D eigenvalue weighted by Gasteiger charge is 2.35. The maximum Gasteiger partial charge on any atom is 0.299 e. The Morgan fingerprint density at radius 3 is 2.80 bits per heavy atom. The van der Waals surface area contributed by atoms with E-state index in [1.54, 1.807) is 18.2 Å². The Morgan fingerprint density at radius 2 is 2.15 bits per heavy atom. The summed E-state index contributed by atoms with van der Waals surface area (Å²) in [7, 11) is 1.51. The van der Waals surface area contributed by atoms with Crippen LogP contribution in [-0.4, -0.2) is 31.3 Å². The molecule has 0 saturated carbocycles. The van der Waals surface area contributed by atoms with Gasteiger partial charge in [-0.05, 0) is 18.6 Å². The molecule has 2 rings (SSSR count). The zero-order valence-electron chi connectivity index (χ0n) is 11.0. The largest absolute Gasteiger partial charge is 0.497 e. The van der Waals surface area contributed by atoms with E-state index in [4.69, 9.17) is 10.6 Å². The van der Waals surface area contributed by atoms with Crippen molar-refractivity contribution in [2.24, 2.45) is 5.84 Å². The second kappa shape index (κ2) is 5.70. The van der Waals surface area contributed by atoms with Gasteiger partial charge in [-0.1, -0.05) is 0 Å². The van der Waals surface area contributed by atoms with Crippen molar-refractivity contribution in [3.05, 3.63) is 23.8 Å². The number of hydrazine groups is 1. The van der Waals surface area contributed by atoms with Crippen LogP contribution >= 0.6 is 0 Å². The van der Waals surface area contributed by atoms with E-state index in [9.17, 15) is 14.4 Å². The van der Waals surface area contributed by atoms with Gasteiger partial charge in [0.1, 0.15) is 5.75 Å². The summed E-state index contributed by atoms with van der Waals surface area (Å²) in [6.45, 7) is 0.276. The summed E-state index contributed by atoms with van der Waals surface area (Å²) in [4.78, 5) is 36.2. The van der Waals surface area contributed by atoms with Crippen LogP contribution in [0.2, 0.25) is 0 Å². The zero-order valence-corrected chi connectivity index (χ0v) is 11.0. The summed E-state index contributed by atoms with van der Waals surface area (Å²) in [6, 6.07) is 4.84. The number of Topliss-reactive ketones (excluding diaryl/α,β-unsaturated/α-hetero) is 1. The summed E-state index contributed by atoms with van der Waals surface area (Å²) in [5.74, 6) is 4.12. The van der Waals surface area contributed by atoms with Gasteiger partial charge in [0.25, 0.3) is 11.7 Å². The van der Waals surface area contributed by atoms with Gasteiger partial charge in [-0.15, -0.1) is 0 Å². The molecule has 2 amide bonds. The lowest BCUT2D eigenvalue weighted by atomic mass is 10.1. The van der Waals surface area contributed by atoms with Gasteiger partial charge in [-0.2, -0.15) is 0 Å². The fraction of sp³-hybridized carbons (Fsp3) is 0.308. The molecule has 1 aromatic rings. The molecule has 0 aromatic heterocycles. The molecule has 0 radical (unpaired) electrons. The number of nitrogens with two attached hydrogens (primary N) is 1. The van der Waals surface area contributed by atoms with Gasteiger partial charge < -0.3 is 9.64 Å². The van der Waals surface area contributed by atoms with Crippen molar-refractivity contribution in [3.8, 4) is 5.75 Å². The lowest BCUT2D eigenvalue weighted by Crippen LogP contribution is -2.33. The van der Waals surface area contributed by atoms with E-state index >= 15 is 0 Å². The molecular weight excluding hydrogens is 262 g/mol. The first kappa shape index (κ1) is 14.0. The molecule has 1 aromatic carbocycles. The number of amides is 2. The Bertz CT molecular complexity index is 571. The molecule has 0 fully saturated rings. The Balaban J connectivity index is 2.16. The number of benzene rings is 1. The van der Waals surface area contributed by atoms with Gasteiger partial charge >= 0.3 is 0 Å². The molecule has 0 spiro atoms. The van der Waals surface area contributed by atoms with Gasteiger partial charge in [0.15, 0.2) is 0 Å². The second-order valence-corrected chi connectivity index (χ2v) is 4.34.